The normalized spacial score (nSPS) is 12.0. The van der Waals surface area contributed by atoms with Crippen LogP contribution in [-0.2, 0) is 9.59 Å². The molecule has 0 fully saturated rings. The van der Waals surface area contributed by atoms with Gasteiger partial charge in [0.2, 0.25) is 11.8 Å². The number of likely N-dealkylation sites (N-methyl/N-ethyl adjacent to an activating group) is 1. The zero-order valence-electron chi connectivity index (χ0n) is 17.0. The number of hydrogen-bond donors (Lipinski definition) is 2. The van der Waals surface area contributed by atoms with E-state index in [1.165, 1.54) is 5.56 Å². The van der Waals surface area contributed by atoms with Crippen molar-refractivity contribution in [3.05, 3.63) is 58.7 Å². The van der Waals surface area contributed by atoms with Crippen LogP contribution in [0.1, 0.15) is 29.2 Å². The Morgan fingerprint density at radius 3 is 2.04 bits per heavy atom. The van der Waals surface area contributed by atoms with Crippen LogP contribution in [-0.4, -0.2) is 36.3 Å². The summed E-state index contributed by atoms with van der Waals surface area (Å²) in [4.78, 5) is 26.6. The van der Waals surface area contributed by atoms with Gasteiger partial charge in [-0.25, -0.2) is 0 Å². The van der Waals surface area contributed by atoms with E-state index >= 15 is 0 Å². The number of hydrogen-bond acceptors (Lipinski definition) is 3. The van der Waals surface area contributed by atoms with E-state index in [4.69, 9.17) is 0 Å². The van der Waals surface area contributed by atoms with Gasteiger partial charge in [-0.1, -0.05) is 35.4 Å². The van der Waals surface area contributed by atoms with Crippen LogP contribution in [0.25, 0.3) is 0 Å². The van der Waals surface area contributed by atoms with Gasteiger partial charge in [-0.05, 0) is 64.9 Å². The first-order chi connectivity index (χ1) is 12.7. The van der Waals surface area contributed by atoms with E-state index in [1.807, 2.05) is 64.1 Å². The highest BCUT2D eigenvalue weighted by Gasteiger charge is 2.20. The van der Waals surface area contributed by atoms with Gasteiger partial charge in [-0.3, -0.25) is 14.5 Å². The Hall–Kier alpha value is -2.66. The van der Waals surface area contributed by atoms with E-state index in [0.717, 1.165) is 28.1 Å². The van der Waals surface area contributed by atoms with Crippen molar-refractivity contribution in [1.29, 1.82) is 0 Å². The molecule has 2 amide bonds. The quantitative estimate of drug-likeness (QED) is 0.816. The largest absolute Gasteiger partial charge is 0.325 e. The Balaban J connectivity index is 1.95. The predicted octanol–water partition coefficient (Wildman–Crippen LogP) is 3.82. The molecule has 2 aromatic rings. The maximum absolute atomic E-state index is 12.5. The van der Waals surface area contributed by atoms with Gasteiger partial charge in [-0.2, -0.15) is 0 Å². The lowest BCUT2D eigenvalue weighted by molar-refractivity contribution is -0.122. The number of anilines is 2. The molecule has 1 unspecified atom stereocenters. The van der Waals surface area contributed by atoms with Crippen molar-refractivity contribution in [2.45, 2.75) is 40.7 Å². The summed E-state index contributed by atoms with van der Waals surface area (Å²) in [5, 5.41) is 5.86. The van der Waals surface area contributed by atoms with Crippen molar-refractivity contribution in [2.75, 3.05) is 24.2 Å². The highest BCUT2D eigenvalue weighted by atomic mass is 16.2. The number of carbonyl (C=O) groups is 2. The molecule has 5 heteroatoms. The molecular formula is C22H29N3O2. The highest BCUT2D eigenvalue weighted by molar-refractivity contribution is 5.96. The van der Waals surface area contributed by atoms with Crippen molar-refractivity contribution < 1.29 is 9.59 Å². The summed E-state index contributed by atoms with van der Waals surface area (Å²) in [5.41, 5.74) is 5.97. The standard InChI is InChI=1S/C22H29N3O2/c1-14-7-9-19(10-8-14)23-22(27)18(5)25(6)13-20(26)24-21-16(3)11-15(2)12-17(21)4/h7-12,18H,13H2,1-6H3,(H,23,27)(H,24,26). The van der Waals surface area contributed by atoms with Crippen LogP contribution in [0.15, 0.2) is 36.4 Å². The average molecular weight is 367 g/mol. The fraction of sp³-hybridized carbons (Fsp3) is 0.364. The van der Waals surface area contributed by atoms with E-state index in [0.29, 0.717) is 0 Å². The van der Waals surface area contributed by atoms with Gasteiger partial charge >= 0.3 is 0 Å². The Labute approximate surface area is 161 Å². The molecule has 2 N–H and O–H groups in total. The summed E-state index contributed by atoms with van der Waals surface area (Å²) in [6.45, 7) is 9.92. The number of nitrogens with zero attached hydrogens (tertiary/aromatic N) is 1. The van der Waals surface area contributed by atoms with Crippen molar-refractivity contribution in [3.63, 3.8) is 0 Å². The van der Waals surface area contributed by atoms with Crippen molar-refractivity contribution >= 4 is 23.2 Å². The van der Waals surface area contributed by atoms with Gasteiger partial charge in [-0.15, -0.1) is 0 Å². The second-order valence-corrected chi connectivity index (χ2v) is 7.27. The molecule has 144 valence electrons. The number of carbonyl (C=O) groups excluding carboxylic acids is 2. The summed E-state index contributed by atoms with van der Waals surface area (Å²) in [6.07, 6.45) is 0. The smallest absolute Gasteiger partial charge is 0.241 e. The lowest BCUT2D eigenvalue weighted by Crippen LogP contribution is -2.43. The lowest BCUT2D eigenvalue weighted by atomic mass is 10.1. The summed E-state index contributed by atoms with van der Waals surface area (Å²) in [7, 11) is 1.77. The molecule has 0 spiro atoms. The first kappa shape index (κ1) is 20.6. The molecule has 0 radical (unpaired) electrons. The van der Waals surface area contributed by atoms with E-state index in [1.54, 1.807) is 18.9 Å². The van der Waals surface area contributed by atoms with E-state index in [-0.39, 0.29) is 18.4 Å². The molecule has 0 aliphatic heterocycles. The third-order valence-corrected chi connectivity index (χ3v) is 4.69. The van der Waals surface area contributed by atoms with Crippen molar-refractivity contribution in [1.82, 2.24) is 4.90 Å². The molecule has 0 saturated carbocycles. The van der Waals surface area contributed by atoms with E-state index in [2.05, 4.69) is 10.6 Å². The Kier molecular flexibility index (Phi) is 6.75. The van der Waals surface area contributed by atoms with Gasteiger partial charge < -0.3 is 10.6 Å². The minimum absolute atomic E-state index is 0.134. The second kappa shape index (κ2) is 8.82. The fourth-order valence-corrected chi connectivity index (χ4v) is 3.00. The van der Waals surface area contributed by atoms with E-state index < -0.39 is 6.04 Å². The van der Waals surface area contributed by atoms with Gasteiger partial charge in [0.1, 0.15) is 0 Å². The van der Waals surface area contributed by atoms with Crippen molar-refractivity contribution in [2.24, 2.45) is 0 Å². The van der Waals surface area contributed by atoms with Crippen LogP contribution < -0.4 is 10.6 Å². The highest BCUT2D eigenvalue weighted by Crippen LogP contribution is 2.21. The molecule has 5 nitrogen and oxygen atoms in total. The zero-order chi connectivity index (χ0) is 20.1. The molecule has 0 aromatic heterocycles. The summed E-state index contributed by atoms with van der Waals surface area (Å²) in [6, 6.07) is 11.3. The molecule has 0 saturated heterocycles. The molecule has 0 aliphatic rings. The third kappa shape index (κ3) is 5.66. The lowest BCUT2D eigenvalue weighted by Gasteiger charge is -2.24. The van der Waals surface area contributed by atoms with E-state index in [9.17, 15) is 9.59 Å². The monoisotopic (exact) mass is 367 g/mol. The van der Waals surface area contributed by atoms with Gasteiger partial charge in [0.05, 0.1) is 12.6 Å². The third-order valence-electron chi connectivity index (χ3n) is 4.69. The molecule has 2 rings (SSSR count). The minimum atomic E-state index is -0.433. The Bertz CT molecular complexity index is 805. The summed E-state index contributed by atoms with van der Waals surface area (Å²) in [5.74, 6) is -0.278. The van der Waals surface area contributed by atoms with Gasteiger partial charge in [0.25, 0.3) is 0 Å². The van der Waals surface area contributed by atoms with Gasteiger partial charge in [0.15, 0.2) is 0 Å². The molecule has 2 aromatic carbocycles. The number of benzene rings is 2. The van der Waals surface area contributed by atoms with Crippen LogP contribution in [0.4, 0.5) is 11.4 Å². The van der Waals surface area contributed by atoms with Crippen LogP contribution in [0, 0.1) is 27.7 Å². The van der Waals surface area contributed by atoms with Crippen LogP contribution >= 0.6 is 0 Å². The molecule has 0 bridgehead atoms. The maximum atomic E-state index is 12.5. The van der Waals surface area contributed by atoms with Crippen LogP contribution in [0.3, 0.4) is 0 Å². The maximum Gasteiger partial charge on any atom is 0.241 e. The Morgan fingerprint density at radius 2 is 1.48 bits per heavy atom. The van der Waals surface area contributed by atoms with Crippen LogP contribution in [0.2, 0.25) is 0 Å². The second-order valence-electron chi connectivity index (χ2n) is 7.27. The zero-order valence-corrected chi connectivity index (χ0v) is 17.0. The summed E-state index contributed by atoms with van der Waals surface area (Å²) >= 11 is 0. The molecular weight excluding hydrogens is 338 g/mol. The molecule has 0 aliphatic carbocycles. The summed E-state index contributed by atoms with van der Waals surface area (Å²) < 4.78 is 0. The minimum Gasteiger partial charge on any atom is -0.325 e. The first-order valence-electron chi connectivity index (χ1n) is 9.13. The average Bonchev–Trinajstić information content (AvgIpc) is 2.59. The number of rotatable bonds is 6. The number of aryl methyl sites for hydroxylation is 4. The number of nitrogens with one attached hydrogen (secondary N) is 2. The SMILES string of the molecule is Cc1ccc(NC(=O)C(C)N(C)CC(=O)Nc2c(C)cc(C)cc2C)cc1. The Morgan fingerprint density at radius 1 is 0.926 bits per heavy atom. The predicted molar refractivity (Wildman–Crippen MR) is 111 cm³/mol. The fourth-order valence-electron chi connectivity index (χ4n) is 3.00. The van der Waals surface area contributed by atoms with Crippen molar-refractivity contribution in [3.8, 4) is 0 Å². The topological polar surface area (TPSA) is 61.4 Å². The molecule has 27 heavy (non-hydrogen) atoms. The molecule has 0 heterocycles. The first-order valence-corrected chi connectivity index (χ1v) is 9.13. The molecule has 1 atom stereocenters. The van der Waals surface area contributed by atoms with Gasteiger partial charge in [0, 0.05) is 11.4 Å². The number of amides is 2. The van der Waals surface area contributed by atoms with Crippen LogP contribution in [0.5, 0.6) is 0 Å².